The van der Waals surface area contributed by atoms with E-state index in [4.69, 9.17) is 13.8 Å². The predicted molar refractivity (Wildman–Crippen MR) is 316 cm³/mol. The van der Waals surface area contributed by atoms with Crippen molar-refractivity contribution in [1.82, 2.24) is 5.32 Å². The minimum Gasteiger partial charge on any atom is -0.756 e. The first kappa shape index (κ1) is 70.9. The maximum absolute atomic E-state index is 13.5. The molecule has 0 saturated carbocycles. The molecule has 0 rings (SSSR count). The number of amides is 1. The fourth-order valence-electron chi connectivity index (χ4n) is 8.13. The first-order valence-corrected chi connectivity index (χ1v) is 31.5. The zero-order valence-electron chi connectivity index (χ0n) is 48.5. The Kier molecular flexibility index (Phi) is 51.1. The monoisotopic (exact) mass is 1050 g/mol. The molecule has 0 aromatic rings. The van der Waals surface area contributed by atoms with Crippen molar-refractivity contribution in [1.29, 1.82) is 0 Å². The summed E-state index contributed by atoms with van der Waals surface area (Å²) in [7, 11) is 1.15. The van der Waals surface area contributed by atoms with Gasteiger partial charge in [-0.15, -0.1) is 0 Å². The molecule has 0 radical (unpaired) electrons. The van der Waals surface area contributed by atoms with Gasteiger partial charge in [-0.05, 0) is 102 Å². The molecule has 1 N–H and O–H groups in total. The standard InChI is InChI=1S/C64H113N2O7P/c1-7-10-13-16-19-22-25-28-30-31-32-33-34-35-37-38-41-44-47-50-53-56-63(67)65-61(60-72-74(69,70)71-59-58-66(4,5)6)62(55-52-49-46-43-40-27-24-21-18-15-12-9-3)73-64(68)57-54-51-48-45-42-39-36-29-26-23-20-17-14-11-8-2/h10,13,19-20,22-23,26,28-30,32-33,35,37,52,55,61-62H,7-9,11-12,14-18,21,24-25,27,31,34,36,38-51,53-54,56-60H2,1-6H3,(H-,65,67,69,70)/b13-10-,22-19-,23-20+,29-26+,30-28-,33-32-,37-35-,55-52-. The van der Waals surface area contributed by atoms with E-state index in [1.54, 1.807) is 0 Å². The molecule has 0 aliphatic carbocycles. The third kappa shape index (κ3) is 53.7. The summed E-state index contributed by atoms with van der Waals surface area (Å²) in [6.45, 7) is 6.66. The van der Waals surface area contributed by atoms with Crippen molar-refractivity contribution in [3.63, 3.8) is 0 Å². The molecule has 0 aromatic heterocycles. The number of hydrogen-bond acceptors (Lipinski definition) is 7. The number of rotatable bonds is 53. The maximum Gasteiger partial charge on any atom is 0.306 e. The first-order chi connectivity index (χ1) is 35.9. The molecule has 10 heteroatoms. The first-order valence-electron chi connectivity index (χ1n) is 30.1. The van der Waals surface area contributed by atoms with Crippen LogP contribution in [0.1, 0.15) is 245 Å². The number of carbonyl (C=O) groups excluding carboxylic acids is 2. The number of nitrogens with one attached hydrogen (secondary N) is 1. The minimum atomic E-state index is -4.71. The van der Waals surface area contributed by atoms with E-state index in [-0.39, 0.29) is 31.3 Å². The average Bonchev–Trinajstić information content (AvgIpc) is 3.36. The number of esters is 1. The number of likely N-dealkylation sites (N-methyl/N-ethyl adjacent to an activating group) is 1. The highest BCUT2D eigenvalue weighted by molar-refractivity contribution is 7.45. The van der Waals surface area contributed by atoms with Crippen molar-refractivity contribution >= 4 is 19.7 Å². The van der Waals surface area contributed by atoms with Gasteiger partial charge in [0.2, 0.25) is 5.91 Å². The van der Waals surface area contributed by atoms with Crippen LogP contribution < -0.4 is 10.2 Å². The molecule has 3 atom stereocenters. The highest BCUT2D eigenvalue weighted by Gasteiger charge is 2.27. The molecular weight excluding hydrogens is 940 g/mol. The molecule has 0 saturated heterocycles. The molecular formula is C64H113N2O7P. The van der Waals surface area contributed by atoms with Crippen molar-refractivity contribution in [3.05, 3.63) is 97.2 Å². The smallest absolute Gasteiger partial charge is 0.306 e. The van der Waals surface area contributed by atoms with Crippen LogP contribution >= 0.6 is 7.82 Å². The maximum atomic E-state index is 13.5. The lowest BCUT2D eigenvalue weighted by Crippen LogP contribution is -2.47. The van der Waals surface area contributed by atoms with Crippen molar-refractivity contribution in [3.8, 4) is 0 Å². The Balaban J connectivity index is 5.34. The predicted octanol–water partition coefficient (Wildman–Crippen LogP) is 17.8. The largest absolute Gasteiger partial charge is 0.756 e. The summed E-state index contributed by atoms with van der Waals surface area (Å²) >= 11 is 0. The third-order valence-electron chi connectivity index (χ3n) is 12.8. The second kappa shape index (κ2) is 53.3. The normalized spacial score (nSPS) is 14.4. The van der Waals surface area contributed by atoms with Gasteiger partial charge in [0.15, 0.2) is 0 Å². The Morgan fingerprint density at radius 3 is 1.41 bits per heavy atom. The van der Waals surface area contributed by atoms with Gasteiger partial charge in [0, 0.05) is 12.8 Å². The van der Waals surface area contributed by atoms with Gasteiger partial charge in [-0.1, -0.05) is 227 Å². The second-order valence-electron chi connectivity index (χ2n) is 21.1. The number of ether oxygens (including phenoxy) is 1. The molecule has 0 aliphatic heterocycles. The molecule has 74 heavy (non-hydrogen) atoms. The SMILES string of the molecule is CC/C=C\C/C=C\C/C=C\C/C=C\C/C=C\CCCCCCCC(=O)NC(COP(=O)([O-])OCC[N+](C)(C)C)C(/C=C\CCCCCCCCCCCC)OC(=O)CCCCCCCC/C=C/C=C/CCCCC. The number of phosphoric acid groups is 1. The highest BCUT2D eigenvalue weighted by atomic mass is 31.2. The second-order valence-corrected chi connectivity index (χ2v) is 22.6. The Labute approximate surface area is 456 Å². The van der Waals surface area contributed by atoms with E-state index in [0.717, 1.165) is 128 Å². The molecule has 9 nitrogen and oxygen atoms in total. The van der Waals surface area contributed by atoms with Gasteiger partial charge in [-0.25, -0.2) is 0 Å². The summed E-state index contributed by atoms with van der Waals surface area (Å²) < 4.78 is 30.3. The zero-order valence-corrected chi connectivity index (χ0v) is 49.4. The van der Waals surface area contributed by atoms with E-state index in [0.29, 0.717) is 23.9 Å². The molecule has 0 fully saturated rings. The van der Waals surface area contributed by atoms with Crippen molar-refractivity contribution in [2.75, 3.05) is 40.9 Å². The van der Waals surface area contributed by atoms with E-state index in [1.165, 1.54) is 70.6 Å². The van der Waals surface area contributed by atoms with Gasteiger partial charge in [-0.2, -0.15) is 0 Å². The molecule has 0 aromatic carbocycles. The fourth-order valence-corrected chi connectivity index (χ4v) is 8.85. The Hall–Kier alpha value is -3.07. The van der Waals surface area contributed by atoms with Gasteiger partial charge in [0.25, 0.3) is 7.82 Å². The lowest BCUT2D eigenvalue weighted by molar-refractivity contribution is -0.870. The van der Waals surface area contributed by atoms with Gasteiger partial charge in [0.05, 0.1) is 33.8 Å². The van der Waals surface area contributed by atoms with E-state index < -0.39 is 26.6 Å². The van der Waals surface area contributed by atoms with Crippen LogP contribution in [0.3, 0.4) is 0 Å². The van der Waals surface area contributed by atoms with Crippen molar-refractivity contribution in [2.24, 2.45) is 0 Å². The number of unbranched alkanes of at least 4 members (excludes halogenated alkanes) is 24. The topological polar surface area (TPSA) is 114 Å². The number of nitrogens with zero attached hydrogens (tertiary/aromatic N) is 1. The van der Waals surface area contributed by atoms with Crippen LogP contribution in [-0.4, -0.2) is 69.4 Å². The molecule has 0 bridgehead atoms. The number of hydrogen-bond donors (Lipinski definition) is 1. The van der Waals surface area contributed by atoms with Crippen LogP contribution in [0.25, 0.3) is 0 Å². The Morgan fingerprint density at radius 1 is 0.500 bits per heavy atom. The summed E-state index contributed by atoms with van der Waals surface area (Å²) in [6.07, 6.45) is 70.8. The van der Waals surface area contributed by atoms with Gasteiger partial charge < -0.3 is 28.5 Å². The molecule has 0 heterocycles. The Bertz CT molecular complexity index is 1590. The molecule has 0 aliphatic rings. The van der Waals surface area contributed by atoms with E-state index in [2.05, 4.69) is 111 Å². The number of quaternary nitrogens is 1. The Morgan fingerprint density at radius 2 is 0.905 bits per heavy atom. The van der Waals surface area contributed by atoms with Crippen LogP contribution in [0.15, 0.2) is 97.2 Å². The van der Waals surface area contributed by atoms with Gasteiger partial charge in [0.1, 0.15) is 19.3 Å². The van der Waals surface area contributed by atoms with E-state index in [1.807, 2.05) is 33.3 Å². The quantitative estimate of drug-likeness (QED) is 0.0161. The van der Waals surface area contributed by atoms with Crippen LogP contribution in [-0.2, 0) is 27.9 Å². The number of carbonyl (C=O) groups is 2. The highest BCUT2D eigenvalue weighted by Crippen LogP contribution is 2.38. The van der Waals surface area contributed by atoms with Crippen molar-refractivity contribution < 1.29 is 37.3 Å². The zero-order chi connectivity index (χ0) is 54.3. The summed E-state index contributed by atoms with van der Waals surface area (Å²) in [5.74, 6) is -0.581. The van der Waals surface area contributed by atoms with Gasteiger partial charge in [-0.3, -0.25) is 14.2 Å². The molecule has 426 valence electrons. The molecule has 1 amide bonds. The van der Waals surface area contributed by atoms with Crippen molar-refractivity contribution in [2.45, 2.75) is 258 Å². The number of allylic oxidation sites excluding steroid dienone is 15. The van der Waals surface area contributed by atoms with Crippen LogP contribution in [0.4, 0.5) is 0 Å². The summed E-state index contributed by atoms with van der Waals surface area (Å²) in [4.78, 5) is 39.9. The van der Waals surface area contributed by atoms with Crippen LogP contribution in [0.2, 0.25) is 0 Å². The lowest BCUT2D eigenvalue weighted by atomic mass is 10.0. The fraction of sp³-hybridized carbons (Fsp3) is 0.719. The van der Waals surface area contributed by atoms with Crippen LogP contribution in [0, 0.1) is 0 Å². The van der Waals surface area contributed by atoms with E-state index >= 15 is 0 Å². The number of phosphoric ester groups is 1. The summed E-state index contributed by atoms with van der Waals surface area (Å²) in [6, 6.07) is -0.909. The molecule has 0 spiro atoms. The summed E-state index contributed by atoms with van der Waals surface area (Å²) in [5, 5.41) is 3.01. The van der Waals surface area contributed by atoms with Crippen LogP contribution in [0.5, 0.6) is 0 Å². The minimum absolute atomic E-state index is 0.0330. The molecule has 3 unspecified atom stereocenters. The third-order valence-corrected chi connectivity index (χ3v) is 13.7. The lowest BCUT2D eigenvalue weighted by Gasteiger charge is -2.30. The average molecular weight is 1050 g/mol. The van der Waals surface area contributed by atoms with Gasteiger partial charge >= 0.3 is 5.97 Å². The summed E-state index contributed by atoms with van der Waals surface area (Å²) in [5.41, 5.74) is 0. The van der Waals surface area contributed by atoms with E-state index in [9.17, 15) is 19.0 Å².